The van der Waals surface area contributed by atoms with Gasteiger partial charge in [0, 0.05) is 12.3 Å². The number of hydrogen-bond acceptors (Lipinski definition) is 4. The largest absolute Gasteiger partial charge is 0.497 e. The maximum Gasteiger partial charge on any atom is 0.278 e. The number of thioether (sulfide) groups is 1. The van der Waals surface area contributed by atoms with Crippen LogP contribution in [-0.2, 0) is 4.79 Å². The van der Waals surface area contributed by atoms with E-state index in [-0.39, 0.29) is 5.91 Å². The van der Waals surface area contributed by atoms with E-state index in [2.05, 4.69) is 18.2 Å². The van der Waals surface area contributed by atoms with E-state index in [1.165, 1.54) is 11.8 Å². The Labute approximate surface area is 134 Å². The Morgan fingerprint density at radius 1 is 1.27 bits per heavy atom. The van der Waals surface area contributed by atoms with Gasteiger partial charge in [0.15, 0.2) is 5.17 Å². The molecule has 1 aromatic rings. The van der Waals surface area contributed by atoms with Crippen LogP contribution < -0.4 is 4.74 Å². The van der Waals surface area contributed by atoms with Gasteiger partial charge in [0.1, 0.15) is 11.4 Å². The monoisotopic (exact) mass is 314 g/mol. The quantitative estimate of drug-likeness (QED) is 0.597. The summed E-state index contributed by atoms with van der Waals surface area (Å²) in [6.45, 7) is 7.82. The maximum absolute atomic E-state index is 12.4. The average molecular weight is 314 g/mol. The molecule has 0 unspecified atom stereocenters. The summed E-state index contributed by atoms with van der Waals surface area (Å²) in [4.78, 5) is 18.5. The molecule has 1 aliphatic rings. The molecule has 1 heterocycles. The van der Waals surface area contributed by atoms with Gasteiger partial charge in [-0.05, 0) is 23.8 Å². The Bertz CT molecular complexity index is 633. The lowest BCUT2D eigenvalue weighted by atomic mass is 10.2. The third kappa shape index (κ3) is 3.68. The van der Waals surface area contributed by atoms with Crippen molar-refractivity contribution in [1.82, 2.24) is 4.90 Å². The molecule has 0 radical (unpaired) electrons. The van der Waals surface area contributed by atoms with E-state index >= 15 is 0 Å². The SMILES string of the molecule is C=CCSC1=NC(=Cc2ccc(OC)cc2)C(=O)N1CC=C. The maximum atomic E-state index is 12.4. The van der Waals surface area contributed by atoms with Crippen LogP contribution in [0.25, 0.3) is 6.08 Å². The summed E-state index contributed by atoms with van der Waals surface area (Å²) in [6.07, 6.45) is 5.26. The van der Waals surface area contributed by atoms with Gasteiger partial charge in [-0.15, -0.1) is 13.2 Å². The first-order chi connectivity index (χ1) is 10.7. The van der Waals surface area contributed by atoms with Crippen molar-refractivity contribution < 1.29 is 9.53 Å². The fourth-order valence-corrected chi connectivity index (χ4v) is 2.67. The zero-order chi connectivity index (χ0) is 15.9. The van der Waals surface area contributed by atoms with E-state index < -0.39 is 0 Å². The molecule has 0 spiro atoms. The van der Waals surface area contributed by atoms with Gasteiger partial charge in [-0.2, -0.15) is 0 Å². The summed E-state index contributed by atoms with van der Waals surface area (Å²) in [5.74, 6) is 1.37. The lowest BCUT2D eigenvalue weighted by Gasteiger charge is -2.14. The molecule has 5 heteroatoms. The van der Waals surface area contributed by atoms with E-state index in [4.69, 9.17) is 4.74 Å². The van der Waals surface area contributed by atoms with E-state index in [0.29, 0.717) is 23.2 Å². The van der Waals surface area contributed by atoms with Crippen molar-refractivity contribution in [1.29, 1.82) is 0 Å². The van der Waals surface area contributed by atoms with Gasteiger partial charge >= 0.3 is 0 Å². The van der Waals surface area contributed by atoms with Crippen molar-refractivity contribution in [2.45, 2.75) is 0 Å². The number of amidine groups is 1. The second-order valence-electron chi connectivity index (χ2n) is 4.50. The highest BCUT2D eigenvalue weighted by atomic mass is 32.2. The number of methoxy groups -OCH3 is 1. The normalized spacial score (nSPS) is 15.9. The Kier molecular flexibility index (Phi) is 5.61. The molecule has 1 aromatic carbocycles. The summed E-state index contributed by atoms with van der Waals surface area (Å²) in [5.41, 5.74) is 1.33. The highest BCUT2D eigenvalue weighted by Gasteiger charge is 2.29. The lowest BCUT2D eigenvalue weighted by molar-refractivity contribution is -0.122. The number of rotatable bonds is 6. The summed E-state index contributed by atoms with van der Waals surface area (Å²) in [6, 6.07) is 7.48. The number of hydrogen-bond donors (Lipinski definition) is 0. The van der Waals surface area contributed by atoms with E-state index in [1.54, 1.807) is 30.2 Å². The van der Waals surface area contributed by atoms with Crippen LogP contribution in [0.5, 0.6) is 5.75 Å². The van der Waals surface area contributed by atoms with Crippen LogP contribution in [0.15, 0.2) is 60.3 Å². The van der Waals surface area contributed by atoms with Gasteiger partial charge in [-0.3, -0.25) is 9.69 Å². The van der Waals surface area contributed by atoms with Crippen molar-refractivity contribution in [3.8, 4) is 5.75 Å². The second kappa shape index (κ2) is 7.66. The molecule has 114 valence electrons. The van der Waals surface area contributed by atoms with Gasteiger partial charge in [0.25, 0.3) is 5.91 Å². The molecule has 22 heavy (non-hydrogen) atoms. The van der Waals surface area contributed by atoms with Crippen molar-refractivity contribution in [3.63, 3.8) is 0 Å². The topological polar surface area (TPSA) is 41.9 Å². The zero-order valence-electron chi connectivity index (χ0n) is 12.5. The molecule has 0 bridgehead atoms. The molecule has 0 atom stereocenters. The highest BCUT2D eigenvalue weighted by molar-refractivity contribution is 8.14. The van der Waals surface area contributed by atoms with Gasteiger partial charge in [0.2, 0.25) is 0 Å². The summed E-state index contributed by atoms with van der Waals surface area (Å²) >= 11 is 1.48. The van der Waals surface area contributed by atoms with E-state index in [1.807, 2.05) is 24.3 Å². The molecular weight excluding hydrogens is 296 g/mol. The molecule has 4 nitrogen and oxygen atoms in total. The Hall–Kier alpha value is -2.27. The number of carbonyl (C=O) groups excluding carboxylic acids is 1. The first-order valence-electron chi connectivity index (χ1n) is 6.80. The van der Waals surface area contributed by atoms with Crippen molar-refractivity contribution in [2.24, 2.45) is 4.99 Å². The first-order valence-corrected chi connectivity index (χ1v) is 7.79. The standard InChI is InChI=1S/C17H18N2O2S/c1-4-10-19-16(20)15(18-17(19)22-11-5-2)12-13-6-8-14(21-3)9-7-13/h4-9,12H,1-2,10-11H2,3H3. The van der Waals surface area contributed by atoms with Crippen LogP contribution in [0.2, 0.25) is 0 Å². The molecule has 1 aliphatic heterocycles. The predicted molar refractivity (Wildman–Crippen MR) is 93.0 cm³/mol. The minimum atomic E-state index is -0.109. The molecule has 0 aliphatic carbocycles. The van der Waals surface area contributed by atoms with Gasteiger partial charge < -0.3 is 4.74 Å². The Balaban J connectivity index is 2.26. The van der Waals surface area contributed by atoms with Crippen molar-refractivity contribution in [2.75, 3.05) is 19.4 Å². The minimum absolute atomic E-state index is 0.109. The van der Waals surface area contributed by atoms with Crippen molar-refractivity contribution >= 4 is 28.9 Å². The van der Waals surface area contributed by atoms with Crippen LogP contribution in [0, 0.1) is 0 Å². The van der Waals surface area contributed by atoms with E-state index in [0.717, 1.165) is 11.3 Å². The molecule has 0 fully saturated rings. The van der Waals surface area contributed by atoms with E-state index in [9.17, 15) is 4.79 Å². The molecule has 0 N–H and O–H groups in total. The zero-order valence-corrected chi connectivity index (χ0v) is 13.3. The van der Waals surface area contributed by atoms with Gasteiger partial charge in [-0.25, -0.2) is 4.99 Å². The van der Waals surface area contributed by atoms with Gasteiger partial charge in [-0.1, -0.05) is 36.0 Å². The number of aliphatic imine (C=N–C) groups is 1. The van der Waals surface area contributed by atoms with Crippen LogP contribution in [0.3, 0.4) is 0 Å². The number of ether oxygens (including phenoxy) is 1. The number of carbonyl (C=O) groups is 1. The smallest absolute Gasteiger partial charge is 0.278 e. The molecule has 0 saturated carbocycles. The Morgan fingerprint density at radius 3 is 2.59 bits per heavy atom. The first kappa shape index (κ1) is 16.1. The molecule has 1 amide bonds. The molecule has 2 rings (SSSR count). The van der Waals surface area contributed by atoms with Crippen LogP contribution in [0.4, 0.5) is 0 Å². The summed E-state index contributed by atoms with van der Waals surface area (Å²) in [7, 11) is 1.62. The number of nitrogens with zero attached hydrogens (tertiary/aromatic N) is 2. The van der Waals surface area contributed by atoms with Crippen LogP contribution >= 0.6 is 11.8 Å². The number of benzene rings is 1. The highest BCUT2D eigenvalue weighted by Crippen LogP contribution is 2.24. The third-order valence-electron chi connectivity index (χ3n) is 2.97. The van der Waals surface area contributed by atoms with Crippen LogP contribution in [0.1, 0.15) is 5.56 Å². The van der Waals surface area contributed by atoms with Crippen molar-refractivity contribution in [3.05, 3.63) is 60.8 Å². The minimum Gasteiger partial charge on any atom is -0.497 e. The Morgan fingerprint density at radius 2 is 2.00 bits per heavy atom. The van der Waals surface area contributed by atoms with Crippen LogP contribution in [-0.4, -0.2) is 35.4 Å². The molecule has 0 saturated heterocycles. The third-order valence-corrected chi connectivity index (χ3v) is 3.94. The fraction of sp³-hybridized carbons (Fsp3) is 0.176. The predicted octanol–water partition coefficient (Wildman–Crippen LogP) is 3.34. The fourth-order valence-electron chi connectivity index (χ4n) is 1.92. The molecular formula is C17H18N2O2S. The average Bonchev–Trinajstić information content (AvgIpc) is 2.83. The lowest BCUT2D eigenvalue weighted by Crippen LogP contribution is -2.30. The summed E-state index contributed by atoms with van der Waals surface area (Å²) < 4.78 is 5.12. The number of amides is 1. The second-order valence-corrected chi connectivity index (χ2v) is 5.49. The van der Waals surface area contributed by atoms with Gasteiger partial charge in [0.05, 0.1) is 7.11 Å². The molecule has 0 aromatic heterocycles. The summed E-state index contributed by atoms with van der Waals surface area (Å²) in [5, 5.41) is 0.685.